The number of aromatic nitrogens is 3. The Labute approximate surface area is 191 Å². The van der Waals surface area contributed by atoms with Crippen LogP contribution in [0.3, 0.4) is 0 Å². The van der Waals surface area contributed by atoms with Crippen LogP contribution in [0.5, 0.6) is 5.75 Å². The van der Waals surface area contributed by atoms with E-state index in [2.05, 4.69) is 39.9 Å². The van der Waals surface area contributed by atoms with Crippen molar-refractivity contribution in [3.63, 3.8) is 0 Å². The summed E-state index contributed by atoms with van der Waals surface area (Å²) in [6, 6.07) is 18.9. The van der Waals surface area contributed by atoms with Gasteiger partial charge in [-0.1, -0.05) is 31.2 Å². The molecule has 1 amide bonds. The number of para-hydroxylation sites is 1. The summed E-state index contributed by atoms with van der Waals surface area (Å²) < 4.78 is 5.24. The third-order valence-electron chi connectivity index (χ3n) is 5.13. The Balaban J connectivity index is 1.53. The van der Waals surface area contributed by atoms with Crippen LogP contribution in [0.2, 0.25) is 0 Å². The topological polar surface area (TPSA) is 81.1 Å². The van der Waals surface area contributed by atoms with E-state index in [-0.39, 0.29) is 11.0 Å². The van der Waals surface area contributed by atoms with E-state index in [1.54, 1.807) is 29.1 Å². The normalized spacial score (nSPS) is 10.7. The number of nitrogens with zero attached hydrogens (tertiary/aromatic N) is 3. The van der Waals surface area contributed by atoms with Gasteiger partial charge in [-0.3, -0.25) is 10.1 Å². The molecule has 0 radical (unpaired) electrons. The van der Waals surface area contributed by atoms with Gasteiger partial charge in [0, 0.05) is 5.69 Å². The highest BCUT2D eigenvalue weighted by Gasteiger charge is 2.14. The number of anilines is 1. The van der Waals surface area contributed by atoms with Crippen LogP contribution in [0.1, 0.15) is 28.4 Å². The van der Waals surface area contributed by atoms with Crippen molar-refractivity contribution in [2.75, 3.05) is 12.4 Å². The van der Waals surface area contributed by atoms with Crippen LogP contribution in [0.25, 0.3) is 16.7 Å². The summed E-state index contributed by atoms with van der Waals surface area (Å²) in [5, 5.41) is 15.2. The second kappa shape index (κ2) is 9.15. The van der Waals surface area contributed by atoms with Crippen LogP contribution in [-0.2, 0) is 6.42 Å². The summed E-state index contributed by atoms with van der Waals surface area (Å²) in [5.74, 6) is 0.133. The van der Waals surface area contributed by atoms with Gasteiger partial charge in [0.1, 0.15) is 16.8 Å². The second-order valence-corrected chi connectivity index (χ2v) is 7.68. The fraction of sp³-hybridized carbons (Fsp3) is 0.167. The maximum Gasteiger partial charge on any atom is 0.261 e. The third kappa shape index (κ3) is 4.45. The monoisotopic (exact) mass is 445 g/mol. The van der Waals surface area contributed by atoms with Gasteiger partial charge >= 0.3 is 0 Å². The maximum atomic E-state index is 12.6. The lowest BCUT2D eigenvalue weighted by Crippen LogP contribution is -2.34. The van der Waals surface area contributed by atoms with Crippen LogP contribution in [0, 0.1) is 6.92 Å². The molecule has 0 saturated heterocycles. The number of aryl methyl sites for hydroxylation is 2. The third-order valence-corrected chi connectivity index (χ3v) is 5.33. The van der Waals surface area contributed by atoms with Gasteiger partial charge in [0.05, 0.1) is 18.4 Å². The first kappa shape index (κ1) is 21.5. The largest absolute Gasteiger partial charge is 0.496 e. The average Bonchev–Trinajstić information content (AvgIpc) is 3.21. The highest BCUT2D eigenvalue weighted by Crippen LogP contribution is 2.23. The standard InChI is InChI=1S/C24H23N5O2S/c1-4-16-9-11-17(12-10-16)29-27-20-13-15(2)19(14-21(20)28-29)25-24(32)26-23(30)18-7-5-6-8-22(18)31-3/h5-14H,4H2,1-3H3,(H2,25,26,30,32). The first-order valence-corrected chi connectivity index (χ1v) is 10.6. The predicted molar refractivity (Wildman–Crippen MR) is 130 cm³/mol. The van der Waals surface area contributed by atoms with E-state index in [9.17, 15) is 4.79 Å². The molecular formula is C24H23N5O2S. The lowest BCUT2D eigenvalue weighted by Gasteiger charge is -2.13. The Hall–Kier alpha value is -3.78. The molecule has 2 N–H and O–H groups in total. The highest BCUT2D eigenvalue weighted by atomic mass is 32.1. The molecule has 0 aliphatic heterocycles. The van der Waals surface area contributed by atoms with Gasteiger partial charge in [-0.15, -0.1) is 10.2 Å². The molecule has 162 valence electrons. The number of thiocarbonyl (C=S) groups is 1. The zero-order valence-corrected chi connectivity index (χ0v) is 18.9. The number of benzene rings is 3. The average molecular weight is 446 g/mol. The van der Waals surface area contributed by atoms with E-state index in [0.29, 0.717) is 11.3 Å². The van der Waals surface area contributed by atoms with Crippen LogP contribution < -0.4 is 15.4 Å². The van der Waals surface area contributed by atoms with Crippen molar-refractivity contribution in [2.24, 2.45) is 0 Å². The van der Waals surface area contributed by atoms with Gasteiger partial charge < -0.3 is 10.1 Å². The first-order valence-electron chi connectivity index (χ1n) is 10.2. The molecular weight excluding hydrogens is 422 g/mol. The molecule has 3 aromatic carbocycles. The molecule has 8 heteroatoms. The molecule has 0 aliphatic carbocycles. The summed E-state index contributed by atoms with van der Waals surface area (Å²) in [6.07, 6.45) is 0.983. The van der Waals surface area contributed by atoms with E-state index >= 15 is 0 Å². The number of fused-ring (bicyclic) bond motifs is 1. The summed E-state index contributed by atoms with van der Waals surface area (Å²) >= 11 is 5.35. The van der Waals surface area contributed by atoms with Crippen LogP contribution >= 0.6 is 12.2 Å². The molecule has 0 bridgehead atoms. The van der Waals surface area contributed by atoms with Gasteiger partial charge in [-0.05, 0) is 73.1 Å². The maximum absolute atomic E-state index is 12.6. The second-order valence-electron chi connectivity index (χ2n) is 7.27. The van der Waals surface area contributed by atoms with Crippen molar-refractivity contribution >= 4 is 40.0 Å². The van der Waals surface area contributed by atoms with E-state index in [1.165, 1.54) is 12.7 Å². The number of methoxy groups -OCH3 is 1. The van der Waals surface area contributed by atoms with Crippen molar-refractivity contribution in [3.8, 4) is 11.4 Å². The van der Waals surface area contributed by atoms with Gasteiger partial charge in [0.2, 0.25) is 0 Å². The minimum Gasteiger partial charge on any atom is -0.496 e. The number of hydrogen-bond donors (Lipinski definition) is 2. The van der Waals surface area contributed by atoms with Crippen LogP contribution in [0.15, 0.2) is 60.7 Å². The van der Waals surface area contributed by atoms with E-state index in [4.69, 9.17) is 17.0 Å². The fourth-order valence-electron chi connectivity index (χ4n) is 3.34. The minimum atomic E-state index is -0.347. The van der Waals surface area contributed by atoms with Crippen LogP contribution in [-0.4, -0.2) is 33.1 Å². The summed E-state index contributed by atoms with van der Waals surface area (Å²) in [6.45, 7) is 4.07. The summed E-state index contributed by atoms with van der Waals surface area (Å²) in [7, 11) is 1.52. The van der Waals surface area contributed by atoms with Gasteiger partial charge in [-0.25, -0.2) is 0 Å². The lowest BCUT2D eigenvalue weighted by molar-refractivity contribution is 0.0975. The van der Waals surface area contributed by atoms with Gasteiger partial charge in [0.25, 0.3) is 5.91 Å². The number of hydrogen-bond acceptors (Lipinski definition) is 5. The fourth-order valence-corrected chi connectivity index (χ4v) is 3.54. The van der Waals surface area contributed by atoms with E-state index in [1.807, 2.05) is 31.2 Å². The molecule has 1 aromatic heterocycles. The highest BCUT2D eigenvalue weighted by molar-refractivity contribution is 7.80. The molecule has 0 spiro atoms. The zero-order valence-electron chi connectivity index (χ0n) is 18.0. The Morgan fingerprint density at radius 2 is 1.75 bits per heavy atom. The molecule has 0 saturated carbocycles. The molecule has 32 heavy (non-hydrogen) atoms. The Kier molecular flexibility index (Phi) is 6.13. The molecule has 0 aliphatic rings. The molecule has 4 rings (SSSR count). The molecule has 0 unspecified atom stereocenters. The van der Waals surface area contributed by atoms with E-state index in [0.717, 1.165) is 34.4 Å². The number of ether oxygens (including phenoxy) is 1. The first-order chi connectivity index (χ1) is 15.5. The molecule has 0 fully saturated rings. The van der Waals surface area contributed by atoms with Crippen molar-refractivity contribution in [3.05, 3.63) is 77.4 Å². The number of carbonyl (C=O) groups excluding carboxylic acids is 1. The number of rotatable bonds is 5. The van der Waals surface area contributed by atoms with Crippen molar-refractivity contribution in [1.29, 1.82) is 0 Å². The Bertz CT molecular complexity index is 1300. The smallest absolute Gasteiger partial charge is 0.261 e. The Morgan fingerprint density at radius 1 is 1.06 bits per heavy atom. The molecule has 1 heterocycles. The summed E-state index contributed by atoms with van der Waals surface area (Å²) in [5.41, 5.74) is 5.73. The van der Waals surface area contributed by atoms with E-state index < -0.39 is 0 Å². The predicted octanol–water partition coefficient (Wildman–Crippen LogP) is 4.43. The van der Waals surface area contributed by atoms with Crippen LogP contribution in [0.4, 0.5) is 5.69 Å². The molecule has 4 aromatic rings. The van der Waals surface area contributed by atoms with Crippen molar-refractivity contribution < 1.29 is 9.53 Å². The van der Waals surface area contributed by atoms with Gasteiger partial charge in [-0.2, -0.15) is 4.80 Å². The minimum absolute atomic E-state index is 0.186. The van der Waals surface area contributed by atoms with Crippen molar-refractivity contribution in [1.82, 2.24) is 20.3 Å². The summed E-state index contributed by atoms with van der Waals surface area (Å²) in [4.78, 5) is 14.2. The number of carbonyl (C=O) groups is 1. The molecule has 7 nitrogen and oxygen atoms in total. The van der Waals surface area contributed by atoms with Gasteiger partial charge in [0.15, 0.2) is 5.11 Å². The molecule has 0 atom stereocenters. The SMILES string of the molecule is CCc1ccc(-n2nc3cc(C)c(NC(=S)NC(=O)c4ccccc4OC)cc3n2)cc1. The van der Waals surface area contributed by atoms with Crippen molar-refractivity contribution in [2.45, 2.75) is 20.3 Å². The zero-order chi connectivity index (χ0) is 22.7. The lowest BCUT2D eigenvalue weighted by atomic mass is 10.1. The number of nitrogens with one attached hydrogen (secondary N) is 2. The Morgan fingerprint density at radius 3 is 2.44 bits per heavy atom. The number of amides is 1. The quantitative estimate of drug-likeness (QED) is 0.443.